The van der Waals surface area contributed by atoms with Crippen molar-refractivity contribution in [3.8, 4) is 0 Å². The molecule has 2 N–H and O–H groups in total. The Balaban J connectivity index is 1.08. The number of ether oxygens (including phenoxy) is 2. The van der Waals surface area contributed by atoms with E-state index in [-0.39, 0.29) is 58.8 Å². The number of hydrogen-bond donors (Lipinski definition) is 2. The highest BCUT2D eigenvalue weighted by Crippen LogP contribution is 2.54. The van der Waals surface area contributed by atoms with Crippen LogP contribution in [0.3, 0.4) is 0 Å². The van der Waals surface area contributed by atoms with Gasteiger partial charge in [0.05, 0.1) is 40.5 Å². The third-order valence-electron chi connectivity index (χ3n) is 18.8. The zero-order valence-corrected chi connectivity index (χ0v) is 41.7. The topological polar surface area (TPSA) is 117 Å². The second-order valence-electron chi connectivity index (χ2n) is 22.0. The maximum Gasteiger partial charge on any atom is 0.156 e. The normalized spacial score (nSPS) is 40.1. The molecule has 6 aliphatic rings. The molecule has 356 valence electrons. The van der Waals surface area contributed by atoms with Crippen molar-refractivity contribution >= 4 is 20.9 Å². The summed E-state index contributed by atoms with van der Waals surface area (Å²) in [6.45, 7) is 20.4. The Hall–Kier alpha value is -0.140. The van der Waals surface area contributed by atoms with Gasteiger partial charge in [0.15, 0.2) is 20.9 Å². The fourth-order valence-corrected chi connectivity index (χ4v) is 17.3. The molecule has 0 radical (unpaired) electrons. The molecule has 0 aromatic carbocycles. The minimum atomic E-state index is -3.37. The van der Waals surface area contributed by atoms with Gasteiger partial charge in [0.25, 0.3) is 0 Å². The van der Waals surface area contributed by atoms with Crippen molar-refractivity contribution in [2.75, 3.05) is 32.4 Å². The first-order chi connectivity index (χ1) is 29.0. The fraction of sp³-hybridized carbons (Fsp3) is 1.00. The lowest BCUT2D eigenvalue weighted by molar-refractivity contribution is -0.164. The summed E-state index contributed by atoms with van der Waals surface area (Å²) < 4.78 is 63.0. The van der Waals surface area contributed by atoms with Gasteiger partial charge in [-0.3, -0.25) is 0 Å². The van der Waals surface area contributed by atoms with E-state index in [0.29, 0.717) is 43.2 Å². The third-order valence-corrected chi connectivity index (χ3v) is 21.6. The molecule has 7 unspecified atom stereocenters. The van der Waals surface area contributed by atoms with Crippen LogP contribution in [0.5, 0.6) is 0 Å². The molecule has 6 rings (SSSR count). The van der Waals surface area contributed by atoms with Crippen LogP contribution in [0.2, 0.25) is 0 Å². The van der Waals surface area contributed by atoms with Crippen molar-refractivity contribution in [2.24, 2.45) is 40.9 Å². The Morgan fingerprint density at radius 3 is 1.34 bits per heavy atom. The number of hydrogen-bond acceptors (Lipinski definition) is 8. The van der Waals surface area contributed by atoms with Crippen LogP contribution < -0.4 is 0 Å². The molecule has 0 aromatic heterocycles. The van der Waals surface area contributed by atoms with E-state index in [1.165, 1.54) is 31.9 Å². The number of rotatable bonds is 17. The van der Waals surface area contributed by atoms with E-state index in [1.54, 1.807) is 0 Å². The quantitative estimate of drug-likeness (QED) is 0.138. The van der Waals surface area contributed by atoms with Crippen LogP contribution in [0.4, 0.5) is 0 Å². The summed E-state index contributed by atoms with van der Waals surface area (Å²) >= 11 is -1.78. The van der Waals surface area contributed by atoms with Crippen molar-refractivity contribution in [1.29, 1.82) is 0 Å². The van der Waals surface area contributed by atoms with Crippen LogP contribution in [-0.2, 0) is 30.4 Å². The minimum absolute atomic E-state index is 0.00146. The first-order valence-electron chi connectivity index (χ1n) is 25.8. The van der Waals surface area contributed by atoms with Crippen LogP contribution in [-0.4, -0.2) is 117 Å². The highest BCUT2D eigenvalue weighted by atomic mass is 32.2. The summed E-state index contributed by atoms with van der Waals surface area (Å²) in [5.74, 6) is 1.58. The van der Waals surface area contributed by atoms with Gasteiger partial charge in [0, 0.05) is 24.3 Å². The van der Waals surface area contributed by atoms with Crippen molar-refractivity contribution in [2.45, 2.75) is 242 Å². The molecule has 61 heavy (non-hydrogen) atoms. The van der Waals surface area contributed by atoms with Crippen LogP contribution >= 0.6 is 0 Å². The first kappa shape index (κ1) is 50.3. The smallest absolute Gasteiger partial charge is 0.156 e. The van der Waals surface area contributed by atoms with Gasteiger partial charge in [-0.25, -0.2) is 12.6 Å². The second-order valence-corrected chi connectivity index (χ2v) is 25.4. The van der Waals surface area contributed by atoms with E-state index in [1.807, 2.05) is 0 Å². The molecule has 0 saturated heterocycles. The van der Waals surface area contributed by atoms with E-state index in [4.69, 9.17) is 9.47 Å². The molecule has 6 aliphatic carbocycles. The SMILES string of the molecule is CCN(CC)C1CCC(C(O)(C2CCC(N(CC)CC)CC2)C2CC(OC3CCC(C(C)(C)C4CCC(OC5CCC(C)C(S(=O)O)C5)CC4)CC3)CCC2S(C)(=O)=O)CC1. The Kier molecular flexibility index (Phi) is 18.2. The number of sulfone groups is 1. The summed E-state index contributed by atoms with van der Waals surface area (Å²) in [6, 6.07) is 1.11. The molecule has 11 heteroatoms. The molecule has 0 bridgehead atoms. The summed E-state index contributed by atoms with van der Waals surface area (Å²) in [5.41, 5.74) is -0.750. The van der Waals surface area contributed by atoms with E-state index in [0.717, 1.165) is 122 Å². The van der Waals surface area contributed by atoms with E-state index in [9.17, 15) is 22.3 Å². The fourth-order valence-electron chi connectivity index (χ4n) is 14.9. The van der Waals surface area contributed by atoms with E-state index in [2.05, 4.69) is 58.3 Å². The van der Waals surface area contributed by atoms with Crippen LogP contribution in [0.25, 0.3) is 0 Å². The lowest BCUT2D eigenvalue weighted by Gasteiger charge is -2.55. The Morgan fingerprint density at radius 2 is 0.951 bits per heavy atom. The van der Waals surface area contributed by atoms with Gasteiger partial charge in [-0.05, 0) is 202 Å². The van der Waals surface area contributed by atoms with E-state index < -0.39 is 31.8 Å². The minimum Gasteiger partial charge on any atom is -0.389 e. The van der Waals surface area contributed by atoms with Gasteiger partial charge in [-0.2, -0.15) is 0 Å². The average molecular weight is 897 g/mol. The highest BCUT2D eigenvalue weighted by Gasteiger charge is 2.57. The van der Waals surface area contributed by atoms with Crippen molar-refractivity contribution < 1.29 is 31.8 Å². The first-order valence-corrected chi connectivity index (χ1v) is 28.9. The maximum absolute atomic E-state index is 13.8. The predicted molar refractivity (Wildman–Crippen MR) is 251 cm³/mol. The maximum atomic E-state index is 13.8. The van der Waals surface area contributed by atoms with Crippen molar-refractivity contribution in [3.63, 3.8) is 0 Å². The average Bonchev–Trinajstić information content (AvgIpc) is 3.25. The van der Waals surface area contributed by atoms with Gasteiger partial charge in [0.2, 0.25) is 0 Å². The summed E-state index contributed by atoms with van der Waals surface area (Å²) in [5, 5.41) is 13.0. The molecular formula is C50H92N2O7S2. The van der Waals surface area contributed by atoms with Crippen LogP contribution in [0.15, 0.2) is 0 Å². The van der Waals surface area contributed by atoms with Crippen LogP contribution in [0, 0.1) is 40.9 Å². The largest absolute Gasteiger partial charge is 0.389 e. The van der Waals surface area contributed by atoms with Crippen LogP contribution in [0.1, 0.15) is 190 Å². The van der Waals surface area contributed by atoms with Crippen molar-refractivity contribution in [3.05, 3.63) is 0 Å². The summed E-state index contributed by atoms with van der Waals surface area (Å²) in [4.78, 5) is 5.17. The third kappa shape index (κ3) is 11.9. The molecule has 0 aliphatic heterocycles. The lowest BCUT2D eigenvalue weighted by Crippen LogP contribution is -2.60. The molecule has 6 saturated carbocycles. The molecule has 7 atom stereocenters. The summed E-state index contributed by atoms with van der Waals surface area (Å²) in [7, 11) is -3.37. The number of nitrogens with zero attached hydrogens (tertiary/aromatic N) is 2. The molecule has 0 heterocycles. The molecule has 6 fully saturated rings. The molecule has 0 amide bonds. The highest BCUT2D eigenvalue weighted by molar-refractivity contribution is 7.91. The molecule has 0 aromatic rings. The van der Waals surface area contributed by atoms with Gasteiger partial charge in [-0.15, -0.1) is 0 Å². The monoisotopic (exact) mass is 897 g/mol. The standard InChI is InChI=1S/C50H92N2O7S2/c1-9-51(10-2)40-22-14-38(15-23-40)50(53,39-16-24-41(25-17-39)52(11-3)12-4)46-33-44(31-32-48(46)61(8,56)57)58-42-27-18-36(19-28-42)49(6,7)37-20-29-43(30-21-37)59-45-26-13-35(5)47(34-45)60(54)55/h35-48,53H,9-34H2,1-8H3,(H,54,55). The Labute approximate surface area is 376 Å². The van der Waals surface area contributed by atoms with Gasteiger partial charge in [0.1, 0.15) is 0 Å². The van der Waals surface area contributed by atoms with E-state index >= 15 is 0 Å². The molecular weight excluding hydrogens is 805 g/mol. The summed E-state index contributed by atoms with van der Waals surface area (Å²) in [6.07, 6.45) is 24.0. The zero-order chi connectivity index (χ0) is 44.1. The zero-order valence-electron chi connectivity index (χ0n) is 40.1. The van der Waals surface area contributed by atoms with Gasteiger partial charge >= 0.3 is 0 Å². The number of aliphatic hydroxyl groups is 1. The Morgan fingerprint density at radius 1 is 0.574 bits per heavy atom. The Bertz CT molecular complexity index is 1420. The molecule has 9 nitrogen and oxygen atoms in total. The predicted octanol–water partition coefficient (Wildman–Crippen LogP) is 10.1. The van der Waals surface area contributed by atoms with Gasteiger partial charge < -0.3 is 28.9 Å². The molecule has 0 spiro atoms. The lowest BCUT2D eigenvalue weighted by atomic mass is 9.57. The second kappa shape index (κ2) is 22.1. The van der Waals surface area contributed by atoms with Crippen molar-refractivity contribution in [1.82, 2.24) is 9.80 Å². The van der Waals surface area contributed by atoms with Gasteiger partial charge in [-0.1, -0.05) is 48.5 Å².